The number of fused-ring (bicyclic) bond motifs is 1. The fourth-order valence-electron chi connectivity index (χ4n) is 2.46. The number of nitrogens with one attached hydrogen (secondary N) is 3. The molecular weight excluding hydrogens is 358 g/mol. The lowest BCUT2D eigenvalue weighted by Gasteiger charge is -2.12. The highest BCUT2D eigenvalue weighted by Gasteiger charge is 2.17. The lowest BCUT2D eigenvalue weighted by Crippen LogP contribution is -2.44. The van der Waals surface area contributed by atoms with Crippen LogP contribution in [0.4, 0.5) is 5.69 Å². The molecule has 2 heterocycles. The molecule has 3 N–H and O–H groups in total. The van der Waals surface area contributed by atoms with E-state index in [0.29, 0.717) is 16.4 Å². The Labute approximate surface area is 155 Å². The standard InChI is InChI=1S/C17H16ClN5OS/c1-10-4-3-9-23-14(11(2)19-15(10)23)16(24)21-22-17(25)20-13-7-5-12(18)6-8-13/h3-9H,1-2H3,(H,21,24)(H2,20,22,25). The van der Waals surface area contributed by atoms with Gasteiger partial charge in [0.1, 0.15) is 11.3 Å². The first-order valence-corrected chi connectivity index (χ1v) is 8.31. The molecule has 0 radical (unpaired) electrons. The SMILES string of the molecule is Cc1nc2c(C)cccn2c1C(=O)NNC(=S)Nc1ccc(Cl)cc1. The number of halogens is 1. The molecule has 0 saturated carbocycles. The van der Waals surface area contributed by atoms with Crippen molar-refractivity contribution in [2.24, 2.45) is 0 Å². The van der Waals surface area contributed by atoms with Gasteiger partial charge in [-0.15, -0.1) is 0 Å². The number of carbonyl (C=O) groups is 1. The third kappa shape index (κ3) is 3.72. The summed E-state index contributed by atoms with van der Waals surface area (Å²) in [4.78, 5) is 17.0. The zero-order valence-corrected chi connectivity index (χ0v) is 15.2. The molecule has 0 aliphatic heterocycles. The van der Waals surface area contributed by atoms with E-state index in [-0.39, 0.29) is 11.0 Å². The summed E-state index contributed by atoms with van der Waals surface area (Å²) in [6.45, 7) is 3.75. The minimum absolute atomic E-state index is 0.262. The molecular formula is C17H16ClN5OS. The first-order chi connectivity index (χ1) is 12.0. The van der Waals surface area contributed by atoms with Crippen LogP contribution in [0.3, 0.4) is 0 Å². The average molecular weight is 374 g/mol. The van der Waals surface area contributed by atoms with E-state index in [1.807, 2.05) is 25.3 Å². The lowest BCUT2D eigenvalue weighted by atomic mass is 10.3. The summed E-state index contributed by atoms with van der Waals surface area (Å²) in [5.74, 6) is -0.323. The molecule has 2 aromatic heterocycles. The Morgan fingerprint density at radius 1 is 1.16 bits per heavy atom. The summed E-state index contributed by atoms with van der Waals surface area (Å²) in [6, 6.07) is 10.9. The van der Waals surface area contributed by atoms with E-state index in [0.717, 1.165) is 16.9 Å². The van der Waals surface area contributed by atoms with Crippen LogP contribution in [0.2, 0.25) is 5.02 Å². The number of hydrazine groups is 1. The summed E-state index contributed by atoms with van der Waals surface area (Å²) in [6.07, 6.45) is 1.81. The van der Waals surface area contributed by atoms with Gasteiger partial charge in [-0.3, -0.25) is 20.0 Å². The van der Waals surface area contributed by atoms with Gasteiger partial charge in [-0.25, -0.2) is 4.98 Å². The van der Waals surface area contributed by atoms with Gasteiger partial charge in [0.2, 0.25) is 0 Å². The molecule has 6 nitrogen and oxygen atoms in total. The molecule has 3 aromatic rings. The maximum atomic E-state index is 12.5. The Kier molecular flexibility index (Phi) is 4.87. The number of aromatic nitrogens is 2. The van der Waals surface area contributed by atoms with Crippen molar-refractivity contribution >= 4 is 46.2 Å². The van der Waals surface area contributed by atoms with Gasteiger partial charge < -0.3 is 5.32 Å². The van der Waals surface area contributed by atoms with Crippen LogP contribution in [-0.2, 0) is 0 Å². The Bertz CT molecular complexity index is 952. The topological polar surface area (TPSA) is 70.5 Å². The molecule has 0 aliphatic carbocycles. The number of hydrogen-bond acceptors (Lipinski definition) is 3. The normalized spacial score (nSPS) is 10.5. The summed E-state index contributed by atoms with van der Waals surface area (Å²) in [5.41, 5.74) is 8.89. The first kappa shape index (κ1) is 17.2. The van der Waals surface area contributed by atoms with Crippen molar-refractivity contribution in [1.29, 1.82) is 0 Å². The van der Waals surface area contributed by atoms with Crippen LogP contribution in [0.15, 0.2) is 42.6 Å². The second-order valence-electron chi connectivity index (χ2n) is 5.47. The van der Waals surface area contributed by atoms with Crippen LogP contribution in [0.5, 0.6) is 0 Å². The number of nitrogens with zero attached hydrogens (tertiary/aromatic N) is 2. The molecule has 0 aliphatic rings. The van der Waals surface area contributed by atoms with Crippen LogP contribution < -0.4 is 16.2 Å². The number of carbonyl (C=O) groups excluding carboxylic acids is 1. The van der Waals surface area contributed by atoms with Gasteiger partial charge in [-0.1, -0.05) is 17.7 Å². The number of amides is 1. The minimum atomic E-state index is -0.323. The van der Waals surface area contributed by atoms with Crippen molar-refractivity contribution in [3.8, 4) is 0 Å². The summed E-state index contributed by atoms with van der Waals surface area (Å²) in [5, 5.41) is 3.85. The quantitative estimate of drug-likeness (QED) is 0.475. The number of thiocarbonyl (C=S) groups is 1. The average Bonchev–Trinajstić information content (AvgIpc) is 2.92. The van der Waals surface area contributed by atoms with Gasteiger partial charge in [-0.2, -0.15) is 0 Å². The molecule has 0 fully saturated rings. The number of rotatable bonds is 2. The number of aryl methyl sites for hydroxylation is 2. The minimum Gasteiger partial charge on any atom is -0.331 e. The van der Waals surface area contributed by atoms with Crippen molar-refractivity contribution < 1.29 is 4.79 Å². The summed E-state index contributed by atoms with van der Waals surface area (Å²) in [7, 11) is 0. The van der Waals surface area contributed by atoms with Crippen molar-refractivity contribution in [2.45, 2.75) is 13.8 Å². The van der Waals surface area contributed by atoms with Gasteiger partial charge in [0.05, 0.1) is 5.69 Å². The fraction of sp³-hybridized carbons (Fsp3) is 0.118. The maximum Gasteiger partial charge on any atom is 0.288 e. The third-order valence-corrected chi connectivity index (χ3v) is 4.08. The van der Waals surface area contributed by atoms with Gasteiger partial charge in [-0.05, 0) is 62.0 Å². The first-order valence-electron chi connectivity index (χ1n) is 7.53. The van der Waals surface area contributed by atoms with Crippen LogP contribution >= 0.6 is 23.8 Å². The monoisotopic (exact) mass is 373 g/mol. The van der Waals surface area contributed by atoms with Crippen LogP contribution in [0.1, 0.15) is 21.7 Å². The highest BCUT2D eigenvalue weighted by Crippen LogP contribution is 2.15. The van der Waals surface area contributed by atoms with Crippen molar-refractivity contribution in [2.75, 3.05) is 5.32 Å². The molecule has 0 bridgehead atoms. The molecule has 0 saturated heterocycles. The van der Waals surface area contributed by atoms with Gasteiger partial charge in [0.25, 0.3) is 5.91 Å². The van der Waals surface area contributed by atoms with Crippen molar-refractivity contribution in [1.82, 2.24) is 20.2 Å². The smallest absolute Gasteiger partial charge is 0.288 e. The van der Waals surface area contributed by atoms with Gasteiger partial charge in [0.15, 0.2) is 5.11 Å². The van der Waals surface area contributed by atoms with Crippen molar-refractivity contribution in [3.63, 3.8) is 0 Å². The number of benzene rings is 1. The zero-order valence-electron chi connectivity index (χ0n) is 13.6. The van der Waals surface area contributed by atoms with E-state index in [1.165, 1.54) is 0 Å². The van der Waals surface area contributed by atoms with Gasteiger partial charge in [0, 0.05) is 16.9 Å². The molecule has 0 spiro atoms. The highest BCUT2D eigenvalue weighted by molar-refractivity contribution is 7.80. The van der Waals surface area contributed by atoms with Crippen molar-refractivity contribution in [3.05, 3.63) is 64.6 Å². The Morgan fingerprint density at radius 2 is 1.88 bits per heavy atom. The molecule has 3 rings (SSSR count). The third-order valence-electron chi connectivity index (χ3n) is 3.63. The second kappa shape index (κ2) is 7.08. The number of anilines is 1. The molecule has 128 valence electrons. The van der Waals surface area contributed by atoms with Crippen LogP contribution in [0, 0.1) is 13.8 Å². The summed E-state index contributed by atoms with van der Waals surface area (Å²) < 4.78 is 1.76. The molecule has 8 heteroatoms. The van der Waals surface area contributed by atoms with E-state index in [1.54, 1.807) is 35.6 Å². The largest absolute Gasteiger partial charge is 0.331 e. The van der Waals surface area contributed by atoms with E-state index in [4.69, 9.17) is 23.8 Å². The molecule has 1 amide bonds. The predicted octanol–water partition coefficient (Wildman–Crippen LogP) is 3.24. The van der Waals surface area contributed by atoms with Crippen LogP contribution in [0.25, 0.3) is 5.65 Å². The highest BCUT2D eigenvalue weighted by atomic mass is 35.5. The number of hydrogen-bond donors (Lipinski definition) is 3. The van der Waals surface area contributed by atoms with Gasteiger partial charge >= 0.3 is 0 Å². The zero-order chi connectivity index (χ0) is 18.0. The fourth-order valence-corrected chi connectivity index (χ4v) is 2.75. The lowest BCUT2D eigenvalue weighted by molar-refractivity contribution is 0.0937. The number of imidazole rings is 1. The Morgan fingerprint density at radius 3 is 2.60 bits per heavy atom. The van der Waals surface area contributed by atoms with E-state index >= 15 is 0 Å². The maximum absolute atomic E-state index is 12.5. The van der Waals surface area contributed by atoms with E-state index in [9.17, 15) is 4.79 Å². The van der Waals surface area contributed by atoms with E-state index in [2.05, 4.69) is 21.2 Å². The molecule has 0 atom stereocenters. The Balaban J connectivity index is 1.68. The van der Waals surface area contributed by atoms with Crippen LogP contribution in [-0.4, -0.2) is 20.4 Å². The molecule has 1 aromatic carbocycles. The summed E-state index contributed by atoms with van der Waals surface area (Å²) >= 11 is 11.0. The Hall–Kier alpha value is -2.64. The number of pyridine rings is 1. The molecule has 0 unspecified atom stereocenters. The van der Waals surface area contributed by atoms with E-state index < -0.39 is 0 Å². The molecule has 25 heavy (non-hydrogen) atoms. The predicted molar refractivity (Wildman–Crippen MR) is 103 cm³/mol. The second-order valence-corrected chi connectivity index (χ2v) is 6.32.